The molecule has 0 spiro atoms. The monoisotopic (exact) mass is 844 g/mol. The number of aliphatic hydroxyl groups excluding tert-OH is 2. The first-order valence-electron chi connectivity index (χ1n) is 26.2. The number of esters is 1. The second kappa shape index (κ2) is 49.7. The van der Waals surface area contributed by atoms with E-state index in [4.69, 9.17) is 4.74 Å². The van der Waals surface area contributed by atoms with Gasteiger partial charge >= 0.3 is 5.97 Å². The Balaban J connectivity index is 3.53. The predicted molar refractivity (Wildman–Crippen MR) is 259 cm³/mol. The molecular weight excluding hydrogens is 743 g/mol. The molecule has 2 atom stereocenters. The lowest BCUT2D eigenvalue weighted by Gasteiger charge is -2.22. The van der Waals surface area contributed by atoms with E-state index in [-0.39, 0.29) is 18.5 Å². The first-order chi connectivity index (χ1) is 29.5. The van der Waals surface area contributed by atoms with Gasteiger partial charge < -0.3 is 20.3 Å². The van der Waals surface area contributed by atoms with Crippen molar-refractivity contribution in [2.75, 3.05) is 13.2 Å². The number of allylic oxidation sites excluding steroid dienone is 6. The quantitative estimate of drug-likeness (QED) is 0.0322. The van der Waals surface area contributed by atoms with Gasteiger partial charge in [-0.15, -0.1) is 0 Å². The number of aliphatic hydroxyl groups is 2. The molecule has 0 aliphatic carbocycles. The van der Waals surface area contributed by atoms with Gasteiger partial charge in [-0.1, -0.05) is 224 Å². The van der Waals surface area contributed by atoms with Crippen molar-refractivity contribution in [1.29, 1.82) is 0 Å². The van der Waals surface area contributed by atoms with Gasteiger partial charge in [-0.25, -0.2) is 0 Å². The maximum Gasteiger partial charge on any atom is 0.305 e. The summed E-state index contributed by atoms with van der Waals surface area (Å²) < 4.78 is 5.46. The molecule has 2 unspecified atom stereocenters. The number of ether oxygens (including phenoxy) is 1. The van der Waals surface area contributed by atoms with Crippen molar-refractivity contribution in [1.82, 2.24) is 5.32 Å². The minimum atomic E-state index is -0.698. The standard InChI is InChI=1S/C54H101NO5/c1-3-5-7-9-11-13-15-17-18-19-20-21-24-28-32-36-40-44-48-54(59)60-49-45-41-37-33-29-25-22-23-27-31-35-39-43-47-53(58)55-51(50-56)52(57)46-42-38-34-30-26-16-14-12-10-8-6-4-2/h18-19,23,27,35,39,51-52,56-57H,3-17,20-22,24-26,28-34,36-38,40-50H2,1-2H3,(H,55,58)/b19-18-,27-23-,39-35-. The highest BCUT2D eigenvalue weighted by Gasteiger charge is 2.19. The summed E-state index contributed by atoms with van der Waals surface area (Å²) in [6, 6.07) is -0.585. The van der Waals surface area contributed by atoms with Gasteiger partial charge in [-0.3, -0.25) is 9.59 Å². The fraction of sp³-hybridized carbons (Fsp3) is 0.852. The van der Waals surface area contributed by atoms with Gasteiger partial charge in [0.05, 0.1) is 25.4 Å². The molecule has 0 radical (unpaired) electrons. The highest BCUT2D eigenvalue weighted by atomic mass is 16.5. The minimum Gasteiger partial charge on any atom is -0.466 e. The zero-order chi connectivity index (χ0) is 43.7. The van der Waals surface area contributed by atoms with Gasteiger partial charge in [-0.05, 0) is 70.6 Å². The molecule has 0 aromatic carbocycles. The Morgan fingerprint density at radius 1 is 0.467 bits per heavy atom. The van der Waals surface area contributed by atoms with Crippen LogP contribution in [0.5, 0.6) is 0 Å². The maximum atomic E-state index is 12.4. The molecule has 6 nitrogen and oxygen atoms in total. The Morgan fingerprint density at radius 3 is 1.32 bits per heavy atom. The second-order valence-electron chi connectivity index (χ2n) is 17.8. The number of unbranched alkanes of at least 4 members (excludes halogenated alkanes) is 31. The molecule has 0 aromatic rings. The van der Waals surface area contributed by atoms with E-state index >= 15 is 0 Å². The van der Waals surface area contributed by atoms with Crippen LogP contribution < -0.4 is 5.32 Å². The Labute approximate surface area is 373 Å². The topological polar surface area (TPSA) is 95.9 Å². The first-order valence-corrected chi connectivity index (χ1v) is 26.2. The number of hydrogen-bond donors (Lipinski definition) is 3. The van der Waals surface area contributed by atoms with Gasteiger partial charge in [-0.2, -0.15) is 0 Å². The summed E-state index contributed by atoms with van der Waals surface area (Å²) >= 11 is 0. The van der Waals surface area contributed by atoms with Crippen LogP contribution in [0, 0.1) is 0 Å². The molecule has 0 aliphatic rings. The molecule has 0 aliphatic heterocycles. The van der Waals surface area contributed by atoms with Crippen LogP contribution in [0.1, 0.15) is 271 Å². The molecule has 0 rings (SSSR count). The van der Waals surface area contributed by atoms with Gasteiger partial charge in [0.2, 0.25) is 5.91 Å². The van der Waals surface area contributed by atoms with Crippen LogP contribution >= 0.6 is 0 Å². The van der Waals surface area contributed by atoms with Crippen LogP contribution in [0.3, 0.4) is 0 Å². The molecule has 0 fully saturated rings. The van der Waals surface area contributed by atoms with Crippen molar-refractivity contribution in [3.63, 3.8) is 0 Å². The van der Waals surface area contributed by atoms with Crippen LogP contribution in [0.4, 0.5) is 0 Å². The number of nitrogens with one attached hydrogen (secondary N) is 1. The lowest BCUT2D eigenvalue weighted by atomic mass is 10.0. The summed E-state index contributed by atoms with van der Waals surface area (Å²) in [6.07, 6.45) is 59.9. The number of carbonyl (C=O) groups excluding carboxylic acids is 2. The zero-order valence-corrected chi connectivity index (χ0v) is 39.9. The molecule has 0 heterocycles. The van der Waals surface area contributed by atoms with Crippen molar-refractivity contribution in [2.45, 2.75) is 283 Å². The molecule has 0 aromatic heterocycles. The highest BCUT2D eigenvalue weighted by molar-refractivity contribution is 5.76. The molecule has 60 heavy (non-hydrogen) atoms. The zero-order valence-electron chi connectivity index (χ0n) is 39.9. The largest absolute Gasteiger partial charge is 0.466 e. The van der Waals surface area contributed by atoms with E-state index in [1.54, 1.807) is 0 Å². The summed E-state index contributed by atoms with van der Waals surface area (Å²) in [5, 5.41) is 23.1. The van der Waals surface area contributed by atoms with E-state index in [2.05, 4.69) is 49.5 Å². The smallest absolute Gasteiger partial charge is 0.305 e. The van der Waals surface area contributed by atoms with Crippen LogP contribution in [-0.2, 0) is 14.3 Å². The summed E-state index contributed by atoms with van der Waals surface area (Å²) in [5.74, 6) is -0.137. The van der Waals surface area contributed by atoms with Gasteiger partial charge in [0.1, 0.15) is 0 Å². The van der Waals surface area contributed by atoms with Crippen molar-refractivity contribution in [3.8, 4) is 0 Å². The SMILES string of the molecule is CCCCCCCCC/C=C\CCCCCCCCCC(=O)OCCCCCCCC/C=C\C/C=C\CCC(=O)NC(CO)C(O)CCCCCCCCCCCCCC. The van der Waals surface area contributed by atoms with Crippen LogP contribution in [0.25, 0.3) is 0 Å². The molecule has 0 bridgehead atoms. The van der Waals surface area contributed by atoms with E-state index in [1.165, 1.54) is 180 Å². The molecule has 1 amide bonds. The molecular formula is C54H101NO5. The third-order valence-corrected chi connectivity index (χ3v) is 11.9. The second-order valence-corrected chi connectivity index (χ2v) is 17.8. The van der Waals surface area contributed by atoms with Gasteiger partial charge in [0, 0.05) is 12.8 Å². The van der Waals surface area contributed by atoms with E-state index < -0.39 is 12.1 Å². The summed E-state index contributed by atoms with van der Waals surface area (Å²) in [5.41, 5.74) is 0. The molecule has 3 N–H and O–H groups in total. The normalized spacial score (nSPS) is 12.9. The minimum absolute atomic E-state index is 0.0204. The van der Waals surface area contributed by atoms with Gasteiger partial charge in [0.15, 0.2) is 0 Å². The van der Waals surface area contributed by atoms with E-state index in [0.29, 0.717) is 32.3 Å². The highest BCUT2D eigenvalue weighted by Crippen LogP contribution is 2.15. The average Bonchev–Trinajstić information content (AvgIpc) is 3.25. The van der Waals surface area contributed by atoms with Crippen molar-refractivity contribution >= 4 is 11.9 Å². The van der Waals surface area contributed by atoms with Crippen molar-refractivity contribution in [2.24, 2.45) is 0 Å². The maximum absolute atomic E-state index is 12.4. The van der Waals surface area contributed by atoms with Crippen LogP contribution in [0.15, 0.2) is 36.5 Å². The third-order valence-electron chi connectivity index (χ3n) is 11.9. The number of rotatable bonds is 48. The summed E-state index contributed by atoms with van der Waals surface area (Å²) in [4.78, 5) is 24.4. The number of carbonyl (C=O) groups is 2. The Bertz CT molecular complexity index is 977. The van der Waals surface area contributed by atoms with Gasteiger partial charge in [0.25, 0.3) is 0 Å². The fourth-order valence-electron chi connectivity index (χ4n) is 7.86. The van der Waals surface area contributed by atoms with E-state index in [0.717, 1.165) is 51.4 Å². The Kier molecular flexibility index (Phi) is 48.1. The number of amides is 1. The molecule has 352 valence electrons. The summed E-state index contributed by atoms with van der Waals surface area (Å²) in [7, 11) is 0. The van der Waals surface area contributed by atoms with Crippen molar-refractivity contribution in [3.05, 3.63) is 36.5 Å². The summed E-state index contributed by atoms with van der Waals surface area (Å²) in [6.45, 7) is 4.87. The Morgan fingerprint density at radius 2 is 0.850 bits per heavy atom. The van der Waals surface area contributed by atoms with E-state index in [1.807, 2.05) is 6.08 Å². The molecule has 6 heteroatoms. The fourth-order valence-corrected chi connectivity index (χ4v) is 7.86. The predicted octanol–water partition coefficient (Wildman–Crippen LogP) is 15.7. The van der Waals surface area contributed by atoms with Crippen molar-refractivity contribution < 1.29 is 24.5 Å². The third kappa shape index (κ3) is 45.6. The van der Waals surface area contributed by atoms with Crippen LogP contribution in [0.2, 0.25) is 0 Å². The van der Waals surface area contributed by atoms with E-state index in [9.17, 15) is 19.8 Å². The van der Waals surface area contributed by atoms with Crippen LogP contribution in [-0.4, -0.2) is 47.4 Å². The molecule has 0 saturated carbocycles. The molecule has 0 saturated heterocycles. The Hall–Kier alpha value is -1.92. The first kappa shape index (κ1) is 58.1. The average molecular weight is 844 g/mol. The lowest BCUT2D eigenvalue weighted by molar-refractivity contribution is -0.143. The number of hydrogen-bond acceptors (Lipinski definition) is 5. The lowest BCUT2D eigenvalue weighted by Crippen LogP contribution is -2.45.